The molecule has 0 unspecified atom stereocenters. The van der Waals surface area contributed by atoms with Gasteiger partial charge >= 0.3 is 12.1 Å². The highest BCUT2D eigenvalue weighted by atomic mass is 32.1. The zero-order valence-electron chi connectivity index (χ0n) is 17.1. The first-order chi connectivity index (χ1) is 13.9. The Bertz CT molecular complexity index is 743. The normalized spacial score (nSPS) is 23.6. The van der Waals surface area contributed by atoms with E-state index in [1.165, 1.54) is 0 Å². The summed E-state index contributed by atoms with van der Waals surface area (Å²) in [6.07, 6.45) is -5.08. The highest BCUT2D eigenvalue weighted by Crippen LogP contribution is 2.42. The summed E-state index contributed by atoms with van der Waals surface area (Å²) in [7, 11) is 3.50. The number of fused-ring (bicyclic) bond motifs is 1. The lowest BCUT2D eigenvalue weighted by molar-refractivity contribution is -0.192. The number of carbonyl (C=O) groups excluding carboxylic acids is 1. The highest BCUT2D eigenvalue weighted by Gasteiger charge is 2.50. The van der Waals surface area contributed by atoms with Crippen molar-refractivity contribution in [1.82, 2.24) is 14.8 Å². The van der Waals surface area contributed by atoms with Crippen LogP contribution in [-0.4, -0.2) is 91.6 Å². The number of amides is 1. The monoisotopic (exact) mass is 453 g/mol. The minimum atomic E-state index is -5.08. The van der Waals surface area contributed by atoms with E-state index in [2.05, 4.69) is 15.3 Å². The summed E-state index contributed by atoms with van der Waals surface area (Å²) in [5, 5.41) is 10.4. The van der Waals surface area contributed by atoms with Gasteiger partial charge in [0.15, 0.2) is 0 Å². The van der Waals surface area contributed by atoms with Crippen LogP contribution in [0.15, 0.2) is 5.38 Å². The first-order valence-corrected chi connectivity index (χ1v) is 10.1. The lowest BCUT2D eigenvalue weighted by Crippen LogP contribution is -2.37. The van der Waals surface area contributed by atoms with E-state index < -0.39 is 12.1 Å². The molecular formula is C18H26F3N3O5S. The Hall–Kier alpha value is -1.76. The van der Waals surface area contributed by atoms with Gasteiger partial charge in [-0.25, -0.2) is 9.78 Å². The van der Waals surface area contributed by atoms with Gasteiger partial charge < -0.3 is 19.5 Å². The van der Waals surface area contributed by atoms with Crippen LogP contribution >= 0.6 is 11.3 Å². The quantitative estimate of drug-likeness (QED) is 0.700. The zero-order chi connectivity index (χ0) is 22.5. The van der Waals surface area contributed by atoms with Crippen LogP contribution in [0.4, 0.5) is 13.2 Å². The van der Waals surface area contributed by atoms with Crippen molar-refractivity contribution in [3.8, 4) is 0 Å². The fraction of sp³-hybridized carbons (Fsp3) is 0.722. The van der Waals surface area contributed by atoms with Gasteiger partial charge in [-0.15, -0.1) is 11.3 Å². The van der Waals surface area contributed by atoms with Gasteiger partial charge in [0.2, 0.25) is 5.91 Å². The number of aliphatic carboxylic acids is 1. The minimum absolute atomic E-state index is 0.00432. The number of halogens is 3. The smallest absolute Gasteiger partial charge is 0.475 e. The second kappa shape index (κ2) is 10.0. The summed E-state index contributed by atoms with van der Waals surface area (Å²) in [4.78, 5) is 29.1. The van der Waals surface area contributed by atoms with Gasteiger partial charge in [-0.2, -0.15) is 13.2 Å². The average molecular weight is 453 g/mol. The Morgan fingerprint density at radius 1 is 1.47 bits per heavy atom. The summed E-state index contributed by atoms with van der Waals surface area (Å²) in [6.45, 7) is 7.14. The van der Waals surface area contributed by atoms with Crippen molar-refractivity contribution in [3.63, 3.8) is 0 Å². The molecule has 12 heteroatoms. The van der Waals surface area contributed by atoms with E-state index in [1.54, 1.807) is 30.3 Å². The topological polar surface area (TPSA) is 92.2 Å². The average Bonchev–Trinajstić information content (AvgIpc) is 3.29. The summed E-state index contributed by atoms with van der Waals surface area (Å²) >= 11 is 1.70. The van der Waals surface area contributed by atoms with Gasteiger partial charge in [-0.3, -0.25) is 9.69 Å². The van der Waals surface area contributed by atoms with Crippen molar-refractivity contribution in [2.24, 2.45) is 11.3 Å². The van der Waals surface area contributed by atoms with E-state index >= 15 is 0 Å². The Balaban J connectivity index is 0.000000396. The van der Waals surface area contributed by atoms with Crippen LogP contribution in [0.25, 0.3) is 0 Å². The van der Waals surface area contributed by atoms with Crippen LogP contribution in [0.2, 0.25) is 0 Å². The lowest BCUT2D eigenvalue weighted by atomic mass is 9.82. The Morgan fingerprint density at radius 3 is 2.67 bits per heavy atom. The number of likely N-dealkylation sites (N-methyl/N-ethyl adjacent to an activating group) is 1. The maximum absolute atomic E-state index is 11.7. The van der Waals surface area contributed by atoms with Crippen molar-refractivity contribution in [2.75, 3.05) is 53.6 Å². The molecule has 1 aromatic heterocycles. The molecule has 1 aromatic rings. The third kappa shape index (κ3) is 6.62. The van der Waals surface area contributed by atoms with Crippen LogP contribution < -0.4 is 0 Å². The van der Waals surface area contributed by atoms with Gasteiger partial charge in [-0.05, 0) is 6.92 Å². The minimum Gasteiger partial charge on any atom is -0.475 e. The van der Waals surface area contributed by atoms with Gasteiger partial charge in [0.1, 0.15) is 6.61 Å². The number of aromatic nitrogens is 1. The summed E-state index contributed by atoms with van der Waals surface area (Å²) in [5.41, 5.74) is 1.17. The fourth-order valence-corrected chi connectivity index (χ4v) is 4.05. The zero-order valence-corrected chi connectivity index (χ0v) is 17.9. The molecule has 1 N–H and O–H groups in total. The number of nitrogens with zero attached hydrogens (tertiary/aromatic N) is 3. The van der Waals surface area contributed by atoms with Crippen molar-refractivity contribution in [3.05, 3.63) is 16.1 Å². The molecule has 0 saturated carbocycles. The number of thiazole rings is 1. The number of hydrogen-bond donors (Lipinski definition) is 1. The standard InChI is InChI=1S/C16H25N3O3S.C2HF3O2/c1-12-17-14(8-23-12)5-19-4-13-6-21-10-16(13,9-19)11-22-7-15(20)18(2)3;3-2(4,5)1(6)7/h8,13H,4-7,9-11H2,1-3H3;(H,6,7)/t13-,16+;/m1./s1. The fourth-order valence-electron chi connectivity index (χ4n) is 3.45. The molecule has 0 bridgehead atoms. The van der Waals surface area contributed by atoms with Crippen molar-refractivity contribution in [2.45, 2.75) is 19.6 Å². The van der Waals surface area contributed by atoms with Gasteiger partial charge in [0.25, 0.3) is 0 Å². The number of alkyl halides is 3. The number of carboxylic acids is 1. The van der Waals surface area contributed by atoms with Crippen LogP contribution in [0.3, 0.4) is 0 Å². The Kier molecular flexibility index (Phi) is 8.20. The third-order valence-corrected chi connectivity index (χ3v) is 5.82. The SMILES string of the molecule is Cc1nc(CN2C[C@@H]3COC[C@]3(COCC(=O)N(C)C)C2)cs1.O=C(O)C(F)(F)F. The molecule has 2 saturated heterocycles. The summed E-state index contributed by atoms with van der Waals surface area (Å²) < 4.78 is 43.2. The van der Waals surface area contributed by atoms with E-state index in [4.69, 9.17) is 19.4 Å². The second-order valence-corrected chi connectivity index (χ2v) is 8.75. The molecule has 8 nitrogen and oxygen atoms in total. The highest BCUT2D eigenvalue weighted by molar-refractivity contribution is 7.09. The van der Waals surface area contributed by atoms with E-state index in [0.29, 0.717) is 12.5 Å². The molecule has 1 amide bonds. The predicted octanol–water partition coefficient (Wildman–Crippen LogP) is 1.64. The molecule has 2 fully saturated rings. The third-order valence-electron chi connectivity index (χ3n) is 5.00. The Morgan fingerprint density at radius 2 is 2.13 bits per heavy atom. The molecule has 2 aliphatic rings. The molecular weight excluding hydrogens is 427 g/mol. The number of likely N-dealkylation sites (tertiary alicyclic amines) is 1. The maximum Gasteiger partial charge on any atom is 0.490 e. The van der Waals surface area contributed by atoms with Crippen LogP contribution in [-0.2, 0) is 25.6 Å². The van der Waals surface area contributed by atoms with E-state index in [-0.39, 0.29) is 17.9 Å². The second-order valence-electron chi connectivity index (χ2n) is 7.69. The van der Waals surface area contributed by atoms with E-state index in [1.807, 2.05) is 6.92 Å². The van der Waals surface area contributed by atoms with E-state index in [9.17, 15) is 18.0 Å². The van der Waals surface area contributed by atoms with Crippen LogP contribution in [0.1, 0.15) is 10.7 Å². The molecule has 170 valence electrons. The maximum atomic E-state index is 11.7. The molecule has 30 heavy (non-hydrogen) atoms. The van der Waals surface area contributed by atoms with Crippen molar-refractivity contribution < 1.29 is 37.3 Å². The van der Waals surface area contributed by atoms with Crippen molar-refractivity contribution >= 4 is 23.2 Å². The molecule has 3 heterocycles. The van der Waals surface area contributed by atoms with Crippen LogP contribution in [0, 0.1) is 18.3 Å². The first kappa shape index (κ1) is 24.5. The molecule has 0 aliphatic carbocycles. The van der Waals surface area contributed by atoms with Crippen LogP contribution in [0.5, 0.6) is 0 Å². The molecule has 3 rings (SSSR count). The number of hydrogen-bond acceptors (Lipinski definition) is 7. The molecule has 2 aliphatic heterocycles. The summed E-state index contributed by atoms with van der Waals surface area (Å²) in [6, 6.07) is 0. The molecule has 0 spiro atoms. The number of carbonyl (C=O) groups is 2. The molecule has 2 atom stereocenters. The van der Waals surface area contributed by atoms with Gasteiger partial charge in [0, 0.05) is 50.4 Å². The predicted molar refractivity (Wildman–Crippen MR) is 102 cm³/mol. The Labute approximate surface area is 176 Å². The number of rotatable bonds is 6. The molecule has 0 radical (unpaired) electrons. The summed E-state index contributed by atoms with van der Waals surface area (Å²) in [5.74, 6) is -2.27. The van der Waals surface area contributed by atoms with Gasteiger partial charge in [0.05, 0.1) is 30.5 Å². The van der Waals surface area contributed by atoms with Gasteiger partial charge in [-0.1, -0.05) is 0 Å². The number of carboxylic acid groups (broad SMARTS) is 1. The lowest BCUT2D eigenvalue weighted by Gasteiger charge is -2.27. The largest absolute Gasteiger partial charge is 0.490 e. The first-order valence-electron chi connectivity index (χ1n) is 9.22. The number of ether oxygens (including phenoxy) is 2. The van der Waals surface area contributed by atoms with E-state index in [0.717, 1.165) is 43.5 Å². The van der Waals surface area contributed by atoms with Crippen molar-refractivity contribution in [1.29, 1.82) is 0 Å². The molecule has 0 aromatic carbocycles. The number of aryl methyl sites for hydroxylation is 1.